The van der Waals surface area contributed by atoms with Gasteiger partial charge in [-0.2, -0.15) is 0 Å². The summed E-state index contributed by atoms with van der Waals surface area (Å²) < 4.78 is 4.58. The number of carbonyl (C=O) groups is 2. The highest BCUT2D eigenvalue weighted by Gasteiger charge is 2.47. The number of carbonyl (C=O) groups excluding carboxylic acids is 2. The van der Waals surface area contributed by atoms with Crippen LogP contribution in [0.2, 0.25) is 0 Å². The molecule has 0 aromatic heterocycles. The van der Waals surface area contributed by atoms with E-state index in [1.54, 1.807) is 13.0 Å². The molecule has 3 heteroatoms. The maximum atomic E-state index is 11.3. The van der Waals surface area contributed by atoms with Crippen molar-refractivity contribution in [2.75, 3.05) is 7.11 Å². The molecule has 0 saturated carbocycles. The molecule has 2 atom stereocenters. The second kappa shape index (κ2) is 2.73. The molecule has 1 rings (SSSR count). The fourth-order valence-electron chi connectivity index (χ4n) is 1.32. The lowest BCUT2D eigenvalue weighted by atomic mass is 9.79. The largest absolute Gasteiger partial charge is 0.468 e. The highest BCUT2D eigenvalue weighted by atomic mass is 16.5. The van der Waals surface area contributed by atoms with Gasteiger partial charge in [0.05, 0.1) is 7.11 Å². The lowest BCUT2D eigenvalue weighted by Crippen LogP contribution is -2.38. The molecular weight excluding hydrogens is 156 g/mol. The first-order chi connectivity index (χ1) is 5.53. The fraction of sp³-hybridized carbons (Fsp3) is 0.556. The van der Waals surface area contributed by atoms with Crippen molar-refractivity contribution >= 4 is 11.8 Å². The van der Waals surface area contributed by atoms with Gasteiger partial charge in [-0.25, -0.2) is 0 Å². The van der Waals surface area contributed by atoms with Crippen LogP contribution in [0.15, 0.2) is 12.2 Å². The summed E-state index contributed by atoms with van der Waals surface area (Å²) >= 11 is 0. The molecule has 66 valence electrons. The number of ketones is 1. The Morgan fingerprint density at radius 2 is 2.25 bits per heavy atom. The normalized spacial score (nSPS) is 33.9. The minimum absolute atomic E-state index is 0.0718. The van der Waals surface area contributed by atoms with E-state index >= 15 is 0 Å². The number of hydrogen-bond donors (Lipinski definition) is 0. The molecule has 0 aliphatic heterocycles. The summed E-state index contributed by atoms with van der Waals surface area (Å²) in [5, 5.41) is 0. The van der Waals surface area contributed by atoms with Gasteiger partial charge in [0, 0.05) is 0 Å². The lowest BCUT2D eigenvalue weighted by molar-refractivity contribution is -0.156. The summed E-state index contributed by atoms with van der Waals surface area (Å²) in [5.74, 6) is -0.690. The average molecular weight is 168 g/mol. The molecule has 0 bridgehead atoms. The van der Waals surface area contributed by atoms with Crippen molar-refractivity contribution in [3.8, 4) is 0 Å². The molecule has 1 aliphatic carbocycles. The van der Waals surface area contributed by atoms with Crippen molar-refractivity contribution < 1.29 is 14.3 Å². The Kier molecular flexibility index (Phi) is 2.04. The molecule has 0 aromatic carbocycles. The predicted octanol–water partition coefficient (Wildman–Crippen LogP) is 0.941. The minimum Gasteiger partial charge on any atom is -0.468 e. The molecule has 0 fully saturated rings. The Bertz CT molecular complexity index is 254. The maximum absolute atomic E-state index is 11.3. The Morgan fingerprint density at radius 1 is 1.67 bits per heavy atom. The average Bonchev–Trinajstić information content (AvgIpc) is 2.32. The van der Waals surface area contributed by atoms with Crippen LogP contribution in [0.1, 0.15) is 13.8 Å². The van der Waals surface area contributed by atoms with Crippen LogP contribution in [0, 0.1) is 11.3 Å². The van der Waals surface area contributed by atoms with Crippen LogP contribution in [-0.2, 0) is 14.3 Å². The van der Waals surface area contributed by atoms with E-state index in [4.69, 9.17) is 0 Å². The molecule has 12 heavy (non-hydrogen) atoms. The van der Waals surface area contributed by atoms with E-state index < -0.39 is 11.4 Å². The zero-order chi connectivity index (χ0) is 9.35. The van der Waals surface area contributed by atoms with Crippen LogP contribution in [0.3, 0.4) is 0 Å². The van der Waals surface area contributed by atoms with E-state index in [-0.39, 0.29) is 11.7 Å². The smallest absolute Gasteiger partial charge is 0.320 e. The maximum Gasteiger partial charge on any atom is 0.320 e. The Hall–Kier alpha value is -1.12. The third-order valence-electron chi connectivity index (χ3n) is 2.57. The topological polar surface area (TPSA) is 43.4 Å². The molecule has 0 saturated heterocycles. The van der Waals surface area contributed by atoms with Crippen LogP contribution in [0.4, 0.5) is 0 Å². The van der Waals surface area contributed by atoms with Gasteiger partial charge in [-0.15, -0.1) is 0 Å². The number of hydrogen-bond acceptors (Lipinski definition) is 3. The van der Waals surface area contributed by atoms with Gasteiger partial charge in [0.25, 0.3) is 0 Å². The monoisotopic (exact) mass is 168 g/mol. The summed E-state index contributed by atoms with van der Waals surface area (Å²) in [5.41, 5.74) is -0.991. The number of esters is 1. The molecule has 0 spiro atoms. The van der Waals surface area contributed by atoms with E-state index in [9.17, 15) is 9.59 Å². The molecule has 0 N–H and O–H groups in total. The van der Waals surface area contributed by atoms with Crippen molar-refractivity contribution in [1.29, 1.82) is 0 Å². The quantitative estimate of drug-likeness (QED) is 0.432. The van der Waals surface area contributed by atoms with E-state index in [2.05, 4.69) is 4.74 Å². The third-order valence-corrected chi connectivity index (χ3v) is 2.57. The van der Waals surface area contributed by atoms with Crippen LogP contribution < -0.4 is 0 Å². The molecule has 0 heterocycles. The van der Waals surface area contributed by atoms with Gasteiger partial charge >= 0.3 is 5.97 Å². The number of ether oxygens (including phenoxy) is 1. The third kappa shape index (κ3) is 0.967. The van der Waals surface area contributed by atoms with Crippen molar-refractivity contribution in [3.05, 3.63) is 12.2 Å². The number of rotatable bonds is 1. The Morgan fingerprint density at radius 3 is 2.58 bits per heavy atom. The van der Waals surface area contributed by atoms with Crippen LogP contribution in [-0.4, -0.2) is 18.9 Å². The molecule has 3 nitrogen and oxygen atoms in total. The Balaban J connectivity index is 2.98. The summed E-state index contributed by atoms with van der Waals surface area (Å²) in [6.45, 7) is 3.45. The zero-order valence-corrected chi connectivity index (χ0v) is 7.46. The van der Waals surface area contributed by atoms with Gasteiger partial charge in [-0.1, -0.05) is 13.0 Å². The van der Waals surface area contributed by atoms with Crippen molar-refractivity contribution in [3.63, 3.8) is 0 Å². The van der Waals surface area contributed by atoms with E-state index in [0.29, 0.717) is 0 Å². The number of methoxy groups -OCH3 is 1. The minimum atomic E-state index is -0.991. The summed E-state index contributed by atoms with van der Waals surface area (Å²) in [6.07, 6.45) is 3.18. The van der Waals surface area contributed by atoms with Crippen molar-refractivity contribution in [2.45, 2.75) is 13.8 Å². The first-order valence-corrected chi connectivity index (χ1v) is 3.84. The van der Waals surface area contributed by atoms with E-state index in [1.165, 1.54) is 13.2 Å². The van der Waals surface area contributed by atoms with Gasteiger partial charge in [0.2, 0.25) is 0 Å². The van der Waals surface area contributed by atoms with Crippen molar-refractivity contribution in [1.82, 2.24) is 0 Å². The molecular formula is C9H12O3. The highest BCUT2D eigenvalue weighted by molar-refractivity contribution is 6.11. The fourth-order valence-corrected chi connectivity index (χ4v) is 1.32. The van der Waals surface area contributed by atoms with Crippen LogP contribution in [0.25, 0.3) is 0 Å². The lowest BCUT2D eigenvalue weighted by Gasteiger charge is -2.23. The van der Waals surface area contributed by atoms with Gasteiger partial charge in [-0.3, -0.25) is 9.59 Å². The van der Waals surface area contributed by atoms with Gasteiger partial charge < -0.3 is 4.74 Å². The summed E-state index contributed by atoms with van der Waals surface area (Å²) in [7, 11) is 1.30. The standard InChI is InChI=1S/C9H12O3/c1-6-4-5-7(10)9(6,2)8(11)12-3/h4-6H,1-3H3/t6-,9-/m1/s1. The molecule has 0 unspecified atom stereocenters. The first-order valence-electron chi connectivity index (χ1n) is 3.84. The van der Waals surface area contributed by atoms with Crippen molar-refractivity contribution in [2.24, 2.45) is 11.3 Å². The van der Waals surface area contributed by atoms with Crippen LogP contribution in [0.5, 0.6) is 0 Å². The summed E-state index contributed by atoms with van der Waals surface area (Å²) in [6, 6.07) is 0. The number of allylic oxidation sites excluding steroid dienone is 2. The highest BCUT2D eigenvalue weighted by Crippen LogP contribution is 2.35. The molecule has 0 amide bonds. The van der Waals surface area contributed by atoms with E-state index in [1.807, 2.05) is 6.92 Å². The second-order valence-corrected chi connectivity index (χ2v) is 3.21. The first kappa shape index (κ1) is 8.97. The van der Waals surface area contributed by atoms with Gasteiger partial charge in [-0.05, 0) is 18.9 Å². The SMILES string of the molecule is COC(=O)[C@@]1(C)C(=O)C=C[C@H]1C. The molecule has 1 aliphatic rings. The van der Waals surface area contributed by atoms with Gasteiger partial charge in [0.15, 0.2) is 5.78 Å². The second-order valence-electron chi connectivity index (χ2n) is 3.21. The molecule has 0 radical (unpaired) electrons. The Labute approximate surface area is 71.4 Å². The van der Waals surface area contributed by atoms with E-state index in [0.717, 1.165) is 0 Å². The van der Waals surface area contributed by atoms with Crippen LogP contribution >= 0.6 is 0 Å². The summed E-state index contributed by atoms with van der Waals surface area (Å²) in [4.78, 5) is 22.6. The predicted molar refractivity (Wildman–Crippen MR) is 43.4 cm³/mol. The molecule has 0 aromatic rings. The van der Waals surface area contributed by atoms with Gasteiger partial charge in [0.1, 0.15) is 5.41 Å². The zero-order valence-electron chi connectivity index (χ0n) is 7.46.